The van der Waals surface area contributed by atoms with E-state index in [-0.39, 0.29) is 5.56 Å². The maximum atomic E-state index is 13.6. The third kappa shape index (κ3) is 3.95. The first kappa shape index (κ1) is 20.2. The summed E-state index contributed by atoms with van der Waals surface area (Å²) in [6, 6.07) is 18.4. The highest BCUT2D eigenvalue weighted by Crippen LogP contribution is 2.34. The highest BCUT2D eigenvalue weighted by molar-refractivity contribution is 7.18. The van der Waals surface area contributed by atoms with Gasteiger partial charge in [-0.1, -0.05) is 41.4 Å². The lowest BCUT2D eigenvalue weighted by atomic mass is 10.2. The van der Waals surface area contributed by atoms with Gasteiger partial charge in [0.25, 0.3) is 5.56 Å². The Labute approximate surface area is 195 Å². The summed E-state index contributed by atoms with van der Waals surface area (Å²) in [5.74, 6) is 0.457. The van der Waals surface area contributed by atoms with Gasteiger partial charge in [0.05, 0.1) is 11.6 Å². The van der Waals surface area contributed by atoms with Crippen LogP contribution in [0.3, 0.4) is 0 Å². The van der Waals surface area contributed by atoms with E-state index in [1.165, 1.54) is 16.0 Å². The largest absolute Gasteiger partial charge is 0.283 e. The van der Waals surface area contributed by atoms with E-state index >= 15 is 0 Å². The molecule has 5 aromatic rings. The third-order valence-electron chi connectivity index (χ3n) is 4.67. The molecule has 31 heavy (non-hydrogen) atoms. The summed E-state index contributed by atoms with van der Waals surface area (Å²) in [5, 5.41) is 10.3. The molecule has 3 aromatic heterocycles. The van der Waals surface area contributed by atoms with Gasteiger partial charge in [-0.2, -0.15) is 9.78 Å². The van der Waals surface area contributed by atoms with Gasteiger partial charge in [-0.15, -0.1) is 22.7 Å². The highest BCUT2D eigenvalue weighted by atomic mass is 35.5. The molecule has 0 aliphatic rings. The maximum absolute atomic E-state index is 13.6. The van der Waals surface area contributed by atoms with E-state index in [1.807, 2.05) is 47.2 Å². The van der Waals surface area contributed by atoms with Gasteiger partial charge in [0, 0.05) is 31.4 Å². The Hall–Kier alpha value is -2.77. The Balaban J connectivity index is 1.74. The molecule has 152 valence electrons. The Morgan fingerprint density at radius 1 is 0.935 bits per heavy atom. The smallest absolute Gasteiger partial charge is 0.267 e. The minimum Gasteiger partial charge on any atom is -0.267 e. The minimum absolute atomic E-state index is 0.218. The Kier molecular flexibility index (Phi) is 5.46. The molecule has 0 radical (unpaired) electrons. The Morgan fingerprint density at radius 3 is 2.32 bits per heavy atom. The zero-order chi connectivity index (χ0) is 21.4. The van der Waals surface area contributed by atoms with Crippen LogP contribution in [-0.4, -0.2) is 15.9 Å². The van der Waals surface area contributed by atoms with Crippen LogP contribution in [0.25, 0.3) is 32.0 Å². The number of hydrogen-bond acceptors (Lipinski definition) is 5. The van der Waals surface area contributed by atoms with Gasteiger partial charge in [0.1, 0.15) is 4.83 Å². The van der Waals surface area contributed by atoms with Crippen molar-refractivity contribution < 1.29 is 0 Å². The standard InChI is InChI=1S/C23H13Cl2N3OS2/c24-16-7-3-14(4-8-16)12-26-28-21(15-5-9-17(25)10-6-15)27-22-20(23(28)29)18(13-31-22)19-2-1-11-30-19/h1-13H. The fourth-order valence-electron chi connectivity index (χ4n) is 3.16. The molecule has 0 saturated carbocycles. The van der Waals surface area contributed by atoms with Crippen LogP contribution in [0.2, 0.25) is 10.0 Å². The lowest BCUT2D eigenvalue weighted by molar-refractivity contribution is 0.831. The molecule has 0 aliphatic carbocycles. The van der Waals surface area contributed by atoms with Crippen LogP contribution in [-0.2, 0) is 0 Å². The second-order valence-electron chi connectivity index (χ2n) is 6.66. The monoisotopic (exact) mass is 481 g/mol. The second-order valence-corrected chi connectivity index (χ2v) is 9.34. The van der Waals surface area contributed by atoms with Crippen molar-refractivity contribution in [2.24, 2.45) is 5.10 Å². The summed E-state index contributed by atoms with van der Waals surface area (Å²) in [6.07, 6.45) is 1.63. The zero-order valence-corrected chi connectivity index (χ0v) is 19.0. The van der Waals surface area contributed by atoms with Gasteiger partial charge in [0.15, 0.2) is 5.82 Å². The fraction of sp³-hybridized carbons (Fsp3) is 0. The first-order valence-electron chi connectivity index (χ1n) is 9.24. The molecular formula is C23H13Cl2N3OS2. The molecule has 0 bridgehead atoms. The van der Waals surface area contributed by atoms with E-state index in [0.717, 1.165) is 21.6 Å². The predicted molar refractivity (Wildman–Crippen MR) is 132 cm³/mol. The normalized spacial score (nSPS) is 11.5. The number of fused-ring (bicyclic) bond motifs is 1. The molecule has 0 atom stereocenters. The molecule has 5 rings (SSSR count). The summed E-state index contributed by atoms with van der Waals surface area (Å²) in [4.78, 5) is 20.1. The number of halogens is 2. The SMILES string of the molecule is O=c1c2c(-c3cccs3)csc2nc(-c2ccc(Cl)cc2)n1N=Cc1ccc(Cl)cc1. The fourth-order valence-corrected chi connectivity index (χ4v) is 5.17. The van der Waals surface area contributed by atoms with Gasteiger partial charge in [-0.25, -0.2) is 4.98 Å². The molecular weight excluding hydrogens is 469 g/mol. The summed E-state index contributed by atoms with van der Waals surface area (Å²) in [7, 11) is 0. The van der Waals surface area contributed by atoms with Crippen molar-refractivity contribution in [3.63, 3.8) is 0 Å². The molecule has 2 aromatic carbocycles. The molecule has 0 fully saturated rings. The average Bonchev–Trinajstić information content (AvgIpc) is 3.44. The van der Waals surface area contributed by atoms with Gasteiger partial charge >= 0.3 is 0 Å². The van der Waals surface area contributed by atoms with E-state index in [4.69, 9.17) is 28.2 Å². The van der Waals surface area contributed by atoms with Gasteiger partial charge < -0.3 is 0 Å². The Morgan fingerprint density at radius 2 is 1.65 bits per heavy atom. The minimum atomic E-state index is -0.218. The van der Waals surface area contributed by atoms with Crippen LogP contribution >= 0.6 is 45.9 Å². The van der Waals surface area contributed by atoms with E-state index in [1.54, 1.807) is 41.8 Å². The number of hydrogen-bond donors (Lipinski definition) is 0. The van der Waals surface area contributed by atoms with E-state index in [0.29, 0.717) is 26.1 Å². The van der Waals surface area contributed by atoms with Crippen molar-refractivity contribution in [1.82, 2.24) is 9.66 Å². The van der Waals surface area contributed by atoms with Crippen molar-refractivity contribution >= 4 is 62.3 Å². The van der Waals surface area contributed by atoms with E-state index in [9.17, 15) is 4.79 Å². The van der Waals surface area contributed by atoms with E-state index < -0.39 is 0 Å². The molecule has 3 heterocycles. The number of nitrogens with zero attached hydrogens (tertiary/aromatic N) is 3. The molecule has 0 N–H and O–H groups in total. The average molecular weight is 482 g/mol. The molecule has 0 unspecified atom stereocenters. The number of rotatable bonds is 4. The lowest BCUT2D eigenvalue weighted by Crippen LogP contribution is -2.20. The Bertz CT molecular complexity index is 1450. The topological polar surface area (TPSA) is 47.2 Å². The van der Waals surface area contributed by atoms with Crippen molar-refractivity contribution in [2.75, 3.05) is 0 Å². The molecule has 0 aliphatic heterocycles. The van der Waals surface area contributed by atoms with Gasteiger partial charge in [0.2, 0.25) is 0 Å². The molecule has 4 nitrogen and oxygen atoms in total. The van der Waals surface area contributed by atoms with Gasteiger partial charge in [-0.05, 0) is 53.4 Å². The van der Waals surface area contributed by atoms with Crippen molar-refractivity contribution in [1.29, 1.82) is 0 Å². The molecule has 8 heteroatoms. The first-order chi connectivity index (χ1) is 15.1. The van der Waals surface area contributed by atoms with Crippen LogP contribution in [0.1, 0.15) is 5.56 Å². The van der Waals surface area contributed by atoms with E-state index in [2.05, 4.69) is 5.10 Å². The molecule has 0 saturated heterocycles. The van der Waals surface area contributed by atoms with Crippen LogP contribution in [0.4, 0.5) is 0 Å². The maximum Gasteiger partial charge on any atom is 0.283 e. The summed E-state index contributed by atoms with van der Waals surface area (Å²) < 4.78 is 1.35. The number of thiophene rings is 2. The third-order valence-corrected chi connectivity index (χ3v) is 6.95. The molecule has 0 amide bonds. The summed E-state index contributed by atoms with van der Waals surface area (Å²) >= 11 is 15.1. The molecule has 0 spiro atoms. The second kappa shape index (κ2) is 8.40. The van der Waals surface area contributed by atoms with Crippen molar-refractivity contribution in [3.8, 4) is 21.8 Å². The summed E-state index contributed by atoms with van der Waals surface area (Å²) in [6.45, 7) is 0. The highest BCUT2D eigenvalue weighted by Gasteiger charge is 2.18. The lowest BCUT2D eigenvalue weighted by Gasteiger charge is -2.08. The number of benzene rings is 2. The van der Waals surface area contributed by atoms with Gasteiger partial charge in [-0.3, -0.25) is 4.79 Å². The van der Waals surface area contributed by atoms with Crippen LogP contribution in [0, 0.1) is 0 Å². The van der Waals surface area contributed by atoms with Crippen LogP contribution < -0.4 is 5.56 Å². The van der Waals surface area contributed by atoms with Crippen molar-refractivity contribution in [3.05, 3.63) is 97.4 Å². The predicted octanol–water partition coefficient (Wildman–Crippen LogP) is 7.04. The quantitative estimate of drug-likeness (QED) is 0.258. The number of aromatic nitrogens is 2. The zero-order valence-electron chi connectivity index (χ0n) is 15.8. The first-order valence-corrected chi connectivity index (χ1v) is 11.8. The van der Waals surface area contributed by atoms with Crippen LogP contribution in [0.15, 0.2) is 81.3 Å². The summed E-state index contributed by atoms with van der Waals surface area (Å²) in [5.41, 5.74) is 2.24. The van der Waals surface area contributed by atoms with Crippen LogP contribution in [0.5, 0.6) is 0 Å². The van der Waals surface area contributed by atoms with Crippen molar-refractivity contribution in [2.45, 2.75) is 0 Å².